The Kier molecular flexibility index (Phi) is 5.76. The first-order chi connectivity index (χ1) is 10.0. The SMILES string of the molecule is Cc1cc(C)n(CCCNC(=S)Nc2cccc(Br)c2)n1. The number of aryl methyl sites for hydroxylation is 3. The van der Waals surface area contributed by atoms with Gasteiger partial charge in [-0.25, -0.2) is 0 Å². The molecule has 0 aliphatic carbocycles. The average molecular weight is 367 g/mol. The number of nitrogens with zero attached hydrogens (tertiary/aromatic N) is 2. The van der Waals surface area contributed by atoms with Gasteiger partial charge in [0.2, 0.25) is 0 Å². The molecular weight excluding hydrogens is 348 g/mol. The van der Waals surface area contributed by atoms with Crippen LogP contribution in [0.1, 0.15) is 17.8 Å². The van der Waals surface area contributed by atoms with Gasteiger partial charge in [-0.3, -0.25) is 4.68 Å². The predicted octanol–water partition coefficient (Wildman–Crippen LogP) is 3.64. The highest BCUT2D eigenvalue weighted by atomic mass is 79.9. The van der Waals surface area contributed by atoms with Crippen molar-refractivity contribution in [2.24, 2.45) is 0 Å². The zero-order valence-electron chi connectivity index (χ0n) is 12.2. The minimum atomic E-state index is 0.640. The van der Waals surface area contributed by atoms with Crippen LogP contribution in [-0.4, -0.2) is 21.4 Å². The molecular formula is C15H19BrN4S. The first-order valence-corrected chi connectivity index (χ1v) is 8.06. The summed E-state index contributed by atoms with van der Waals surface area (Å²) in [6, 6.07) is 10.0. The second-order valence-electron chi connectivity index (χ2n) is 4.90. The van der Waals surface area contributed by atoms with E-state index in [2.05, 4.69) is 44.7 Å². The summed E-state index contributed by atoms with van der Waals surface area (Å²) in [5, 5.41) is 11.5. The van der Waals surface area contributed by atoms with Gasteiger partial charge in [0, 0.05) is 28.9 Å². The fraction of sp³-hybridized carbons (Fsp3) is 0.333. The molecule has 4 nitrogen and oxygen atoms in total. The van der Waals surface area contributed by atoms with Crippen LogP contribution in [0.25, 0.3) is 0 Å². The van der Waals surface area contributed by atoms with Crippen molar-refractivity contribution in [1.82, 2.24) is 15.1 Å². The van der Waals surface area contributed by atoms with E-state index in [1.807, 2.05) is 35.9 Å². The Morgan fingerprint density at radius 3 is 2.81 bits per heavy atom. The monoisotopic (exact) mass is 366 g/mol. The molecule has 0 aliphatic heterocycles. The van der Waals surface area contributed by atoms with Gasteiger partial charge in [0.1, 0.15) is 0 Å². The largest absolute Gasteiger partial charge is 0.362 e. The lowest BCUT2D eigenvalue weighted by atomic mass is 10.3. The molecule has 0 saturated carbocycles. The Hall–Kier alpha value is -1.40. The molecule has 0 fully saturated rings. The minimum absolute atomic E-state index is 0.640. The number of thiocarbonyl (C=S) groups is 1. The van der Waals surface area contributed by atoms with Gasteiger partial charge in [-0.15, -0.1) is 0 Å². The lowest BCUT2D eigenvalue weighted by molar-refractivity contribution is 0.558. The Labute approximate surface area is 139 Å². The van der Waals surface area contributed by atoms with Gasteiger partial charge in [0.05, 0.1) is 5.69 Å². The lowest BCUT2D eigenvalue weighted by Gasteiger charge is -2.11. The summed E-state index contributed by atoms with van der Waals surface area (Å²) in [6.07, 6.45) is 0.974. The van der Waals surface area contributed by atoms with Crippen LogP contribution in [0.2, 0.25) is 0 Å². The number of halogens is 1. The molecule has 2 N–H and O–H groups in total. The molecule has 0 saturated heterocycles. The summed E-state index contributed by atoms with van der Waals surface area (Å²) < 4.78 is 3.06. The minimum Gasteiger partial charge on any atom is -0.362 e. The van der Waals surface area contributed by atoms with Gasteiger partial charge in [0.25, 0.3) is 0 Å². The quantitative estimate of drug-likeness (QED) is 0.626. The third kappa shape index (κ3) is 5.13. The maximum atomic E-state index is 5.28. The molecule has 0 atom stereocenters. The predicted molar refractivity (Wildman–Crippen MR) is 94.7 cm³/mol. The fourth-order valence-electron chi connectivity index (χ4n) is 2.07. The molecule has 0 aliphatic rings. The molecule has 21 heavy (non-hydrogen) atoms. The molecule has 0 amide bonds. The first kappa shape index (κ1) is 16.0. The smallest absolute Gasteiger partial charge is 0.170 e. The molecule has 1 aromatic heterocycles. The van der Waals surface area contributed by atoms with Gasteiger partial charge < -0.3 is 10.6 Å². The van der Waals surface area contributed by atoms with E-state index in [0.29, 0.717) is 5.11 Å². The highest BCUT2D eigenvalue weighted by Crippen LogP contribution is 2.15. The van der Waals surface area contributed by atoms with Gasteiger partial charge in [0.15, 0.2) is 5.11 Å². The molecule has 0 spiro atoms. The third-order valence-corrected chi connectivity index (χ3v) is 3.76. The lowest BCUT2D eigenvalue weighted by Crippen LogP contribution is -2.29. The number of anilines is 1. The van der Waals surface area contributed by atoms with Crippen LogP contribution in [0.4, 0.5) is 5.69 Å². The van der Waals surface area contributed by atoms with Crippen LogP contribution >= 0.6 is 28.1 Å². The molecule has 112 valence electrons. The summed E-state index contributed by atoms with van der Waals surface area (Å²) in [7, 11) is 0. The van der Waals surface area contributed by atoms with Gasteiger partial charge in [-0.2, -0.15) is 5.10 Å². The van der Waals surface area contributed by atoms with Gasteiger partial charge >= 0.3 is 0 Å². The van der Waals surface area contributed by atoms with Crippen LogP contribution in [0.15, 0.2) is 34.8 Å². The number of hydrogen-bond acceptors (Lipinski definition) is 2. The van der Waals surface area contributed by atoms with Gasteiger partial charge in [-0.1, -0.05) is 22.0 Å². The fourth-order valence-corrected chi connectivity index (χ4v) is 2.69. The van der Waals surface area contributed by atoms with Crippen LogP contribution in [0.5, 0.6) is 0 Å². The molecule has 2 rings (SSSR count). The van der Waals surface area contributed by atoms with Crippen molar-refractivity contribution in [2.75, 3.05) is 11.9 Å². The molecule has 6 heteroatoms. The van der Waals surface area contributed by atoms with Crippen molar-refractivity contribution >= 4 is 38.9 Å². The summed E-state index contributed by atoms with van der Waals surface area (Å²) in [5.74, 6) is 0. The van der Waals surface area contributed by atoms with Crippen molar-refractivity contribution in [3.8, 4) is 0 Å². The van der Waals surface area contributed by atoms with Crippen LogP contribution in [-0.2, 0) is 6.54 Å². The van der Waals surface area contributed by atoms with E-state index in [1.165, 1.54) is 5.69 Å². The zero-order valence-corrected chi connectivity index (χ0v) is 14.6. The molecule has 1 aromatic carbocycles. The first-order valence-electron chi connectivity index (χ1n) is 6.86. The molecule has 0 radical (unpaired) electrons. The summed E-state index contributed by atoms with van der Waals surface area (Å²) in [5.41, 5.74) is 3.23. The van der Waals surface area contributed by atoms with Crippen LogP contribution in [0, 0.1) is 13.8 Å². The van der Waals surface area contributed by atoms with E-state index >= 15 is 0 Å². The molecule has 1 heterocycles. The zero-order chi connectivity index (χ0) is 15.2. The summed E-state index contributed by atoms with van der Waals surface area (Å²) >= 11 is 8.72. The average Bonchev–Trinajstić information content (AvgIpc) is 2.73. The molecule has 0 bridgehead atoms. The molecule has 0 unspecified atom stereocenters. The number of benzene rings is 1. The number of hydrogen-bond donors (Lipinski definition) is 2. The van der Waals surface area contributed by atoms with E-state index in [0.717, 1.165) is 35.4 Å². The topological polar surface area (TPSA) is 41.9 Å². The van der Waals surface area contributed by atoms with Crippen molar-refractivity contribution in [2.45, 2.75) is 26.8 Å². The highest BCUT2D eigenvalue weighted by Gasteiger charge is 2.01. The number of aromatic nitrogens is 2. The van der Waals surface area contributed by atoms with E-state index in [4.69, 9.17) is 12.2 Å². The highest BCUT2D eigenvalue weighted by molar-refractivity contribution is 9.10. The van der Waals surface area contributed by atoms with Gasteiger partial charge in [-0.05, 0) is 56.8 Å². The Morgan fingerprint density at radius 1 is 1.33 bits per heavy atom. The van der Waals surface area contributed by atoms with Crippen molar-refractivity contribution in [3.05, 3.63) is 46.2 Å². The second-order valence-corrected chi connectivity index (χ2v) is 6.22. The van der Waals surface area contributed by atoms with E-state index in [9.17, 15) is 0 Å². The second kappa shape index (κ2) is 7.56. The molecule has 2 aromatic rings. The maximum Gasteiger partial charge on any atom is 0.170 e. The summed E-state index contributed by atoms with van der Waals surface area (Å²) in [4.78, 5) is 0. The van der Waals surface area contributed by atoms with Crippen molar-refractivity contribution in [3.63, 3.8) is 0 Å². The third-order valence-electron chi connectivity index (χ3n) is 3.02. The number of rotatable bonds is 5. The number of nitrogens with one attached hydrogen (secondary N) is 2. The van der Waals surface area contributed by atoms with Crippen molar-refractivity contribution in [1.29, 1.82) is 0 Å². The maximum absolute atomic E-state index is 5.28. The van der Waals surface area contributed by atoms with E-state index in [1.54, 1.807) is 0 Å². The van der Waals surface area contributed by atoms with Crippen LogP contribution in [0.3, 0.4) is 0 Å². The van der Waals surface area contributed by atoms with Crippen LogP contribution < -0.4 is 10.6 Å². The Balaban J connectivity index is 1.71. The summed E-state index contributed by atoms with van der Waals surface area (Å²) in [6.45, 7) is 5.80. The Bertz CT molecular complexity index is 624. The Morgan fingerprint density at radius 2 is 2.14 bits per heavy atom. The van der Waals surface area contributed by atoms with E-state index < -0.39 is 0 Å². The van der Waals surface area contributed by atoms with E-state index in [-0.39, 0.29) is 0 Å². The standard InChI is InChI=1S/C15H19BrN4S/c1-11-9-12(2)20(19-11)8-4-7-17-15(21)18-14-6-3-5-13(16)10-14/h3,5-6,9-10H,4,7-8H2,1-2H3,(H2,17,18,21). The van der Waals surface area contributed by atoms with Crippen molar-refractivity contribution < 1.29 is 0 Å². The normalized spacial score (nSPS) is 10.4.